The molecule has 1 unspecified atom stereocenters. The van der Waals surface area contributed by atoms with Gasteiger partial charge in [-0.2, -0.15) is 0 Å². The zero-order chi connectivity index (χ0) is 16.0. The van der Waals surface area contributed by atoms with Gasteiger partial charge < -0.3 is 10.0 Å². The summed E-state index contributed by atoms with van der Waals surface area (Å²) in [5.41, 5.74) is 5.00. The quantitative estimate of drug-likeness (QED) is 0.910. The number of carboxylic acids is 1. The molecule has 4 nitrogen and oxygen atoms in total. The second-order valence-electron chi connectivity index (χ2n) is 6.57. The molecule has 0 saturated carbocycles. The molecule has 1 aromatic carbocycles. The van der Waals surface area contributed by atoms with E-state index in [2.05, 4.69) is 11.0 Å². The Bertz CT molecular complexity index is 760. The Kier molecular flexibility index (Phi) is 3.33. The first kappa shape index (κ1) is 14.2. The fourth-order valence-electron chi connectivity index (χ4n) is 3.96. The summed E-state index contributed by atoms with van der Waals surface area (Å²) in [5, 5.41) is 9.12. The van der Waals surface area contributed by atoms with E-state index in [0.717, 1.165) is 43.5 Å². The number of benzene rings is 1. The molecule has 118 valence electrons. The molecule has 2 aliphatic carbocycles. The van der Waals surface area contributed by atoms with E-state index in [1.807, 2.05) is 12.1 Å². The Morgan fingerprint density at radius 3 is 2.78 bits per heavy atom. The van der Waals surface area contributed by atoms with Crippen LogP contribution < -0.4 is 4.90 Å². The Labute approximate surface area is 135 Å². The third-order valence-corrected chi connectivity index (χ3v) is 5.19. The fourth-order valence-corrected chi connectivity index (χ4v) is 3.96. The molecule has 1 heterocycles. The van der Waals surface area contributed by atoms with Gasteiger partial charge in [-0.15, -0.1) is 0 Å². The van der Waals surface area contributed by atoms with Crippen LogP contribution in [0.4, 0.5) is 5.69 Å². The maximum Gasteiger partial charge on any atom is 0.335 e. The lowest BCUT2D eigenvalue weighted by Crippen LogP contribution is -2.25. The van der Waals surface area contributed by atoms with Gasteiger partial charge in [-0.1, -0.05) is 0 Å². The van der Waals surface area contributed by atoms with E-state index in [0.29, 0.717) is 17.9 Å². The van der Waals surface area contributed by atoms with Gasteiger partial charge in [0.25, 0.3) is 0 Å². The van der Waals surface area contributed by atoms with E-state index >= 15 is 0 Å². The first-order chi connectivity index (χ1) is 11.1. The van der Waals surface area contributed by atoms with Crippen molar-refractivity contribution in [3.05, 3.63) is 52.7 Å². The second-order valence-corrected chi connectivity index (χ2v) is 6.57. The van der Waals surface area contributed by atoms with Crippen molar-refractivity contribution >= 4 is 17.4 Å². The molecule has 0 radical (unpaired) electrons. The maximum absolute atomic E-state index is 11.7. The topological polar surface area (TPSA) is 57.6 Å². The number of carbonyl (C=O) groups is 2. The standard InChI is InChI=1S/C19H19NO3/c21-17-5-2-12-1-4-16(10-15(12)11-17)20-8-7-13-9-14(19(22)23)3-6-18(13)20/h3,6,9-12H,1-2,4-5,7-8H2,(H,22,23). The number of anilines is 1. The predicted octanol–water partition coefficient (Wildman–Crippen LogP) is 3.33. The van der Waals surface area contributed by atoms with Crippen molar-refractivity contribution in [2.24, 2.45) is 5.92 Å². The minimum atomic E-state index is -0.878. The van der Waals surface area contributed by atoms with Crippen LogP contribution in [0.5, 0.6) is 0 Å². The maximum atomic E-state index is 11.7. The highest BCUT2D eigenvalue weighted by atomic mass is 16.4. The zero-order valence-corrected chi connectivity index (χ0v) is 12.9. The van der Waals surface area contributed by atoms with Crippen LogP contribution in [-0.4, -0.2) is 23.4 Å². The van der Waals surface area contributed by atoms with Gasteiger partial charge in [-0.3, -0.25) is 4.79 Å². The van der Waals surface area contributed by atoms with E-state index in [9.17, 15) is 9.59 Å². The number of carboxylic acid groups (broad SMARTS) is 1. The van der Waals surface area contributed by atoms with Crippen molar-refractivity contribution in [3.63, 3.8) is 0 Å². The van der Waals surface area contributed by atoms with Crippen molar-refractivity contribution in [2.45, 2.75) is 32.1 Å². The van der Waals surface area contributed by atoms with Crippen molar-refractivity contribution in [1.29, 1.82) is 0 Å². The summed E-state index contributed by atoms with van der Waals surface area (Å²) in [6, 6.07) is 5.38. The first-order valence-electron chi connectivity index (χ1n) is 8.20. The molecule has 1 aliphatic heterocycles. The second kappa shape index (κ2) is 5.37. The summed E-state index contributed by atoms with van der Waals surface area (Å²) in [6.07, 6.45) is 8.66. The highest BCUT2D eigenvalue weighted by Gasteiger charge is 2.29. The largest absolute Gasteiger partial charge is 0.478 e. The fraction of sp³-hybridized carbons (Fsp3) is 0.368. The average molecular weight is 309 g/mol. The molecule has 0 amide bonds. The van der Waals surface area contributed by atoms with Crippen molar-refractivity contribution in [3.8, 4) is 0 Å². The number of aromatic carboxylic acids is 1. The van der Waals surface area contributed by atoms with E-state index in [-0.39, 0.29) is 5.78 Å². The monoisotopic (exact) mass is 309 g/mol. The lowest BCUT2D eigenvalue weighted by Gasteiger charge is -2.32. The van der Waals surface area contributed by atoms with Gasteiger partial charge in [0.1, 0.15) is 0 Å². The SMILES string of the molecule is O=C1C=C2C=C(N3CCc4cc(C(=O)O)ccc43)CCC2CC1. The Balaban J connectivity index is 1.66. The normalized spacial score (nSPS) is 23.0. The summed E-state index contributed by atoms with van der Waals surface area (Å²) in [7, 11) is 0. The number of fused-ring (bicyclic) bond motifs is 2. The molecule has 3 aliphatic rings. The smallest absolute Gasteiger partial charge is 0.335 e. The van der Waals surface area contributed by atoms with Crippen LogP contribution in [0.15, 0.2) is 41.6 Å². The first-order valence-corrected chi connectivity index (χ1v) is 8.20. The molecule has 1 aromatic rings. The summed E-state index contributed by atoms with van der Waals surface area (Å²) in [5.74, 6) is -0.105. The predicted molar refractivity (Wildman–Crippen MR) is 87.6 cm³/mol. The molecule has 0 aromatic heterocycles. The summed E-state index contributed by atoms with van der Waals surface area (Å²) < 4.78 is 0. The number of hydrogen-bond donors (Lipinski definition) is 1. The molecule has 0 saturated heterocycles. The molecule has 0 bridgehead atoms. The molecular weight excluding hydrogens is 290 g/mol. The Morgan fingerprint density at radius 2 is 1.96 bits per heavy atom. The number of allylic oxidation sites excluding steroid dienone is 4. The van der Waals surface area contributed by atoms with Crippen molar-refractivity contribution in [2.75, 3.05) is 11.4 Å². The zero-order valence-electron chi connectivity index (χ0n) is 12.9. The van der Waals surface area contributed by atoms with E-state index < -0.39 is 5.97 Å². The lowest BCUT2D eigenvalue weighted by molar-refractivity contribution is -0.115. The summed E-state index contributed by atoms with van der Waals surface area (Å²) >= 11 is 0. The number of nitrogens with zero attached hydrogens (tertiary/aromatic N) is 1. The molecular formula is C19H19NO3. The van der Waals surface area contributed by atoms with Crippen LogP contribution in [-0.2, 0) is 11.2 Å². The summed E-state index contributed by atoms with van der Waals surface area (Å²) in [4.78, 5) is 25.1. The third-order valence-electron chi connectivity index (χ3n) is 5.19. The highest BCUT2D eigenvalue weighted by Crippen LogP contribution is 2.39. The molecule has 4 rings (SSSR count). The molecule has 1 N–H and O–H groups in total. The van der Waals surface area contributed by atoms with Gasteiger partial charge in [0.15, 0.2) is 5.78 Å². The number of ketones is 1. The van der Waals surface area contributed by atoms with Gasteiger partial charge in [0.05, 0.1) is 5.56 Å². The van der Waals surface area contributed by atoms with Crippen LogP contribution in [0.25, 0.3) is 0 Å². The van der Waals surface area contributed by atoms with E-state index in [1.54, 1.807) is 12.1 Å². The number of carbonyl (C=O) groups excluding carboxylic acids is 1. The van der Waals surface area contributed by atoms with Crippen molar-refractivity contribution < 1.29 is 14.7 Å². The molecule has 4 heteroatoms. The van der Waals surface area contributed by atoms with E-state index in [4.69, 9.17) is 5.11 Å². The highest BCUT2D eigenvalue weighted by molar-refractivity contribution is 5.92. The van der Waals surface area contributed by atoms with Crippen LogP contribution in [0.3, 0.4) is 0 Å². The summed E-state index contributed by atoms with van der Waals surface area (Å²) in [6.45, 7) is 0.885. The Morgan fingerprint density at radius 1 is 1.13 bits per heavy atom. The average Bonchev–Trinajstić information content (AvgIpc) is 2.97. The molecule has 23 heavy (non-hydrogen) atoms. The van der Waals surface area contributed by atoms with Crippen LogP contribution in [0.2, 0.25) is 0 Å². The Hall–Kier alpha value is -2.36. The number of hydrogen-bond acceptors (Lipinski definition) is 3. The van der Waals surface area contributed by atoms with Crippen LogP contribution in [0.1, 0.15) is 41.6 Å². The van der Waals surface area contributed by atoms with Gasteiger partial charge in [-0.25, -0.2) is 4.79 Å². The van der Waals surface area contributed by atoms with Crippen LogP contribution >= 0.6 is 0 Å². The van der Waals surface area contributed by atoms with Gasteiger partial charge in [-0.05, 0) is 73.1 Å². The molecule has 0 spiro atoms. The van der Waals surface area contributed by atoms with Gasteiger partial charge in [0, 0.05) is 24.4 Å². The van der Waals surface area contributed by atoms with E-state index in [1.165, 1.54) is 11.3 Å². The van der Waals surface area contributed by atoms with Crippen LogP contribution in [0, 0.1) is 5.92 Å². The number of rotatable bonds is 2. The lowest BCUT2D eigenvalue weighted by atomic mass is 9.79. The third kappa shape index (κ3) is 2.48. The van der Waals surface area contributed by atoms with Gasteiger partial charge in [0.2, 0.25) is 0 Å². The molecule has 1 atom stereocenters. The minimum Gasteiger partial charge on any atom is -0.478 e. The molecule has 0 fully saturated rings. The minimum absolute atomic E-state index is 0.238. The van der Waals surface area contributed by atoms with Gasteiger partial charge >= 0.3 is 5.97 Å². The van der Waals surface area contributed by atoms with Crippen molar-refractivity contribution in [1.82, 2.24) is 0 Å².